The number of methoxy groups -OCH3 is 1. The highest BCUT2D eigenvalue weighted by molar-refractivity contribution is 5.99. The monoisotopic (exact) mass is 289 g/mol. The predicted octanol–water partition coefficient (Wildman–Crippen LogP) is 1.31. The number of ether oxygens (including phenoxy) is 1. The molecule has 1 fully saturated rings. The van der Waals surface area contributed by atoms with Crippen LogP contribution in [0.25, 0.3) is 11.1 Å². The molecule has 1 aliphatic rings. The number of likely N-dealkylation sites (tertiary alicyclic amines) is 1. The van der Waals surface area contributed by atoms with E-state index in [4.69, 9.17) is 9.26 Å². The molecule has 0 radical (unpaired) electrons. The molecule has 2 aromatic heterocycles. The smallest absolute Gasteiger partial charge is 0.328 e. The zero-order valence-corrected chi connectivity index (χ0v) is 11.8. The highest BCUT2D eigenvalue weighted by atomic mass is 16.5. The number of amides is 1. The van der Waals surface area contributed by atoms with Gasteiger partial charge in [0.1, 0.15) is 6.04 Å². The summed E-state index contributed by atoms with van der Waals surface area (Å²) in [5.41, 5.74) is 1.50. The van der Waals surface area contributed by atoms with Crippen molar-refractivity contribution >= 4 is 23.0 Å². The summed E-state index contributed by atoms with van der Waals surface area (Å²) >= 11 is 0. The minimum Gasteiger partial charge on any atom is -0.467 e. The second-order valence-corrected chi connectivity index (χ2v) is 5.02. The molecule has 21 heavy (non-hydrogen) atoms. The quantitative estimate of drug-likeness (QED) is 0.775. The zero-order chi connectivity index (χ0) is 15.0. The van der Waals surface area contributed by atoms with E-state index in [1.807, 2.05) is 0 Å². The summed E-state index contributed by atoms with van der Waals surface area (Å²) in [7, 11) is 1.33. The molecule has 7 nitrogen and oxygen atoms in total. The summed E-state index contributed by atoms with van der Waals surface area (Å²) in [6.45, 7) is 2.33. The van der Waals surface area contributed by atoms with Crippen LogP contribution in [0.5, 0.6) is 0 Å². The van der Waals surface area contributed by atoms with Crippen LogP contribution < -0.4 is 0 Å². The first kappa shape index (κ1) is 13.5. The molecule has 1 saturated heterocycles. The maximum absolute atomic E-state index is 12.6. The van der Waals surface area contributed by atoms with Crippen LogP contribution in [0.1, 0.15) is 28.9 Å². The Hall–Kier alpha value is -2.44. The van der Waals surface area contributed by atoms with Gasteiger partial charge in [0.25, 0.3) is 11.6 Å². The first-order chi connectivity index (χ1) is 10.1. The number of aromatic nitrogens is 2. The molecule has 1 atom stereocenters. The summed E-state index contributed by atoms with van der Waals surface area (Å²) in [5.74, 6) is -0.603. The summed E-state index contributed by atoms with van der Waals surface area (Å²) in [6.07, 6.45) is 2.86. The van der Waals surface area contributed by atoms with Crippen LogP contribution in [0.3, 0.4) is 0 Å². The molecule has 0 aromatic carbocycles. The molecule has 0 N–H and O–H groups in total. The third-order valence-corrected chi connectivity index (χ3v) is 3.74. The van der Waals surface area contributed by atoms with Crippen molar-refractivity contribution in [3.8, 4) is 0 Å². The summed E-state index contributed by atoms with van der Waals surface area (Å²) in [5, 5.41) is 4.52. The molecular formula is C14H15N3O4. The van der Waals surface area contributed by atoms with Crippen molar-refractivity contribution in [1.82, 2.24) is 15.0 Å². The maximum Gasteiger partial charge on any atom is 0.328 e. The van der Waals surface area contributed by atoms with E-state index in [2.05, 4.69) is 10.1 Å². The van der Waals surface area contributed by atoms with Crippen molar-refractivity contribution in [3.63, 3.8) is 0 Å². The van der Waals surface area contributed by atoms with E-state index in [-0.39, 0.29) is 11.9 Å². The van der Waals surface area contributed by atoms with E-state index >= 15 is 0 Å². The lowest BCUT2D eigenvalue weighted by Gasteiger charge is -2.22. The number of carbonyl (C=O) groups excluding carboxylic acids is 2. The molecule has 110 valence electrons. The van der Waals surface area contributed by atoms with Crippen LogP contribution in [-0.4, -0.2) is 46.6 Å². The van der Waals surface area contributed by atoms with Gasteiger partial charge in [-0.1, -0.05) is 5.16 Å². The number of rotatable bonds is 2. The lowest BCUT2D eigenvalue weighted by Crippen LogP contribution is -2.41. The molecule has 3 heterocycles. The lowest BCUT2D eigenvalue weighted by molar-refractivity contribution is -0.145. The average molecular weight is 289 g/mol. The van der Waals surface area contributed by atoms with E-state index in [0.29, 0.717) is 35.3 Å². The minimum absolute atomic E-state index is 0.224. The largest absolute Gasteiger partial charge is 0.467 e. The topological polar surface area (TPSA) is 85.5 Å². The minimum atomic E-state index is -0.512. The van der Waals surface area contributed by atoms with Crippen molar-refractivity contribution in [2.75, 3.05) is 13.7 Å². The predicted molar refractivity (Wildman–Crippen MR) is 72.6 cm³/mol. The summed E-state index contributed by atoms with van der Waals surface area (Å²) < 4.78 is 9.78. The highest BCUT2D eigenvalue weighted by Gasteiger charge is 2.35. The van der Waals surface area contributed by atoms with Crippen LogP contribution in [0.15, 0.2) is 16.8 Å². The molecule has 1 amide bonds. The average Bonchev–Trinajstić information content (AvgIpc) is 3.13. The number of carbonyl (C=O) groups is 2. The number of pyridine rings is 1. The van der Waals surface area contributed by atoms with Gasteiger partial charge in [0.05, 0.1) is 23.8 Å². The van der Waals surface area contributed by atoms with E-state index in [0.717, 1.165) is 6.42 Å². The molecule has 1 aliphatic heterocycles. The van der Waals surface area contributed by atoms with Crippen LogP contribution in [0, 0.1) is 6.92 Å². The van der Waals surface area contributed by atoms with Gasteiger partial charge < -0.3 is 14.2 Å². The zero-order valence-electron chi connectivity index (χ0n) is 11.8. The van der Waals surface area contributed by atoms with E-state index in [9.17, 15) is 9.59 Å². The van der Waals surface area contributed by atoms with Gasteiger partial charge in [-0.3, -0.25) is 4.79 Å². The fourth-order valence-electron chi connectivity index (χ4n) is 2.62. The number of fused-ring (bicyclic) bond motifs is 1. The second-order valence-electron chi connectivity index (χ2n) is 5.02. The maximum atomic E-state index is 12.6. The Labute approximate surface area is 120 Å². The SMILES string of the molecule is COC(=O)C1CCCN1C(=O)c1cnc2onc(C)c2c1. The number of esters is 1. The van der Waals surface area contributed by atoms with Crippen molar-refractivity contribution in [3.05, 3.63) is 23.5 Å². The molecule has 0 aliphatic carbocycles. The van der Waals surface area contributed by atoms with Crippen LogP contribution >= 0.6 is 0 Å². The Morgan fingerprint density at radius 1 is 1.48 bits per heavy atom. The number of nitrogens with zero attached hydrogens (tertiary/aromatic N) is 3. The number of aryl methyl sites for hydroxylation is 1. The molecular weight excluding hydrogens is 274 g/mol. The van der Waals surface area contributed by atoms with Gasteiger partial charge in [-0.2, -0.15) is 0 Å². The van der Waals surface area contributed by atoms with Crippen LogP contribution in [-0.2, 0) is 9.53 Å². The molecule has 0 bridgehead atoms. The summed E-state index contributed by atoms with van der Waals surface area (Å²) in [6, 6.07) is 1.19. The van der Waals surface area contributed by atoms with E-state index in [1.54, 1.807) is 13.0 Å². The van der Waals surface area contributed by atoms with Crippen LogP contribution in [0.4, 0.5) is 0 Å². The lowest BCUT2D eigenvalue weighted by atomic mass is 10.1. The standard InChI is InChI=1S/C14H15N3O4/c1-8-10-6-9(7-15-12(10)21-16-8)13(18)17-5-3-4-11(17)14(19)20-2/h6-7,11H,3-5H2,1-2H3. The van der Waals surface area contributed by atoms with Gasteiger partial charge in [-0.15, -0.1) is 0 Å². The van der Waals surface area contributed by atoms with Crippen molar-refractivity contribution in [2.45, 2.75) is 25.8 Å². The molecule has 7 heteroatoms. The molecule has 1 unspecified atom stereocenters. The molecule has 0 saturated carbocycles. The number of hydrogen-bond donors (Lipinski definition) is 0. The fourth-order valence-corrected chi connectivity index (χ4v) is 2.62. The van der Waals surface area contributed by atoms with Crippen molar-refractivity contribution < 1.29 is 18.8 Å². The van der Waals surface area contributed by atoms with Crippen molar-refractivity contribution in [2.24, 2.45) is 0 Å². The first-order valence-corrected chi connectivity index (χ1v) is 6.72. The third kappa shape index (κ3) is 2.24. The van der Waals surface area contributed by atoms with Gasteiger partial charge in [-0.05, 0) is 25.8 Å². The van der Waals surface area contributed by atoms with Gasteiger partial charge >= 0.3 is 5.97 Å². The molecule has 3 rings (SSSR count). The van der Waals surface area contributed by atoms with Gasteiger partial charge in [0.2, 0.25) is 0 Å². The van der Waals surface area contributed by atoms with E-state index in [1.165, 1.54) is 18.2 Å². The Morgan fingerprint density at radius 2 is 2.29 bits per heavy atom. The van der Waals surface area contributed by atoms with Crippen molar-refractivity contribution in [1.29, 1.82) is 0 Å². The Morgan fingerprint density at radius 3 is 3.05 bits per heavy atom. The second kappa shape index (κ2) is 5.16. The fraction of sp³-hybridized carbons (Fsp3) is 0.429. The summed E-state index contributed by atoms with van der Waals surface area (Å²) in [4.78, 5) is 29.9. The van der Waals surface area contributed by atoms with Crippen LogP contribution in [0.2, 0.25) is 0 Å². The Kier molecular flexibility index (Phi) is 3.32. The highest BCUT2D eigenvalue weighted by Crippen LogP contribution is 2.23. The Bertz CT molecular complexity index is 709. The third-order valence-electron chi connectivity index (χ3n) is 3.74. The van der Waals surface area contributed by atoms with Gasteiger partial charge in [0.15, 0.2) is 0 Å². The number of hydrogen-bond acceptors (Lipinski definition) is 6. The Balaban J connectivity index is 1.92. The van der Waals surface area contributed by atoms with E-state index < -0.39 is 6.04 Å². The first-order valence-electron chi connectivity index (χ1n) is 6.72. The van der Waals surface area contributed by atoms with Gasteiger partial charge in [-0.25, -0.2) is 9.78 Å². The molecule has 2 aromatic rings. The van der Waals surface area contributed by atoms with Gasteiger partial charge in [0, 0.05) is 12.7 Å². The normalized spacial score (nSPS) is 18.2. The molecule has 0 spiro atoms.